The number of ether oxygens (including phenoxy) is 2. The Balaban J connectivity index is 1.34. The van der Waals surface area contributed by atoms with Crippen molar-refractivity contribution in [3.8, 4) is 5.88 Å². The molecule has 1 aromatic heterocycles. The Morgan fingerprint density at radius 3 is 2.40 bits per heavy atom. The summed E-state index contributed by atoms with van der Waals surface area (Å²) in [7, 11) is -3.76. The van der Waals surface area contributed by atoms with Crippen LogP contribution < -0.4 is 20.5 Å². The van der Waals surface area contributed by atoms with Gasteiger partial charge in [0.15, 0.2) is 0 Å². The molecule has 1 aliphatic carbocycles. The summed E-state index contributed by atoms with van der Waals surface area (Å²) in [6.07, 6.45) is 2.11. The fourth-order valence-electron chi connectivity index (χ4n) is 4.97. The van der Waals surface area contributed by atoms with Gasteiger partial charge in [0.25, 0.3) is 0 Å². The molecule has 1 amide bonds. The van der Waals surface area contributed by atoms with Crippen molar-refractivity contribution < 1.29 is 27.5 Å². The van der Waals surface area contributed by atoms with Crippen LogP contribution in [0.4, 0.5) is 0 Å². The maximum Gasteiger partial charge on any atom is 0.323 e. The Hall–Kier alpha value is -3.54. The van der Waals surface area contributed by atoms with Crippen molar-refractivity contribution in [1.82, 2.24) is 15.0 Å². The van der Waals surface area contributed by atoms with E-state index in [0.29, 0.717) is 49.1 Å². The van der Waals surface area contributed by atoms with E-state index in [2.05, 4.69) is 15.0 Å². The lowest BCUT2D eigenvalue weighted by atomic mass is 9.85. The number of benzene rings is 2. The Labute approximate surface area is 247 Å². The van der Waals surface area contributed by atoms with E-state index in [1.807, 2.05) is 51.1 Å². The van der Waals surface area contributed by atoms with E-state index >= 15 is 0 Å². The van der Waals surface area contributed by atoms with Crippen molar-refractivity contribution in [2.24, 2.45) is 17.6 Å². The molecule has 0 aliphatic heterocycles. The van der Waals surface area contributed by atoms with Gasteiger partial charge in [-0.15, -0.1) is 0 Å². The maximum absolute atomic E-state index is 13.2. The summed E-state index contributed by atoms with van der Waals surface area (Å²) in [6.45, 7) is 6.03. The van der Waals surface area contributed by atoms with Crippen molar-refractivity contribution >= 4 is 32.8 Å². The van der Waals surface area contributed by atoms with E-state index in [1.165, 1.54) is 6.07 Å². The first-order valence-corrected chi connectivity index (χ1v) is 15.9. The van der Waals surface area contributed by atoms with Crippen molar-refractivity contribution in [2.45, 2.75) is 69.5 Å². The predicted octanol–water partition coefficient (Wildman–Crippen LogP) is 3.85. The molecule has 1 saturated carbocycles. The third kappa shape index (κ3) is 8.05. The van der Waals surface area contributed by atoms with Crippen LogP contribution in [0.2, 0.25) is 0 Å². The largest absolute Gasteiger partial charge is 0.478 e. The lowest BCUT2D eigenvalue weighted by Gasteiger charge is -2.30. The van der Waals surface area contributed by atoms with Gasteiger partial charge in [-0.05, 0) is 68.4 Å². The lowest BCUT2D eigenvalue weighted by Crippen LogP contribution is -2.43. The maximum atomic E-state index is 13.2. The Morgan fingerprint density at radius 1 is 1.02 bits per heavy atom. The fraction of sp³-hybridized carbons (Fsp3) is 0.452. The van der Waals surface area contributed by atoms with Gasteiger partial charge in [-0.2, -0.15) is 0 Å². The van der Waals surface area contributed by atoms with Crippen LogP contribution in [0.25, 0.3) is 10.9 Å². The summed E-state index contributed by atoms with van der Waals surface area (Å²) in [5, 5.41) is 3.73. The van der Waals surface area contributed by atoms with Gasteiger partial charge in [-0.3, -0.25) is 9.59 Å². The number of carbonyl (C=O) groups is 2. The van der Waals surface area contributed by atoms with Crippen LogP contribution in [-0.2, 0) is 24.3 Å². The third-order valence-electron chi connectivity index (χ3n) is 7.56. The highest BCUT2D eigenvalue weighted by atomic mass is 32.2. The molecule has 0 unspecified atom stereocenters. The molecule has 11 heteroatoms. The van der Waals surface area contributed by atoms with Crippen molar-refractivity contribution in [3.05, 3.63) is 66.2 Å². The molecule has 2 atom stereocenters. The number of hydrogen-bond donors (Lipinski definition) is 3. The topological polar surface area (TPSA) is 150 Å². The summed E-state index contributed by atoms with van der Waals surface area (Å²) >= 11 is 0. The van der Waals surface area contributed by atoms with Gasteiger partial charge in [0.1, 0.15) is 12.6 Å². The number of nitrogens with one attached hydrogen (secondary N) is 2. The van der Waals surface area contributed by atoms with Gasteiger partial charge >= 0.3 is 5.97 Å². The average molecular weight is 597 g/mol. The number of sulfonamides is 1. The van der Waals surface area contributed by atoms with Crippen molar-refractivity contribution in [3.63, 3.8) is 0 Å². The van der Waals surface area contributed by atoms with Crippen molar-refractivity contribution in [1.29, 1.82) is 0 Å². The monoisotopic (exact) mass is 596 g/mol. The summed E-state index contributed by atoms with van der Waals surface area (Å²) < 4.78 is 40.0. The second kappa shape index (κ2) is 14.1. The zero-order valence-electron chi connectivity index (χ0n) is 24.3. The Bertz CT molecular complexity index is 1470. The first-order chi connectivity index (χ1) is 20.1. The van der Waals surface area contributed by atoms with Crippen LogP contribution in [0, 0.1) is 11.8 Å². The highest BCUT2D eigenvalue weighted by Gasteiger charge is 2.31. The highest BCUT2D eigenvalue weighted by Crippen LogP contribution is 2.28. The van der Waals surface area contributed by atoms with Crippen LogP contribution in [0.1, 0.15) is 58.1 Å². The number of carbonyl (C=O) groups excluding carboxylic acids is 2. The molecule has 2 aromatic carbocycles. The van der Waals surface area contributed by atoms with Gasteiger partial charge in [0.2, 0.25) is 21.8 Å². The van der Waals surface area contributed by atoms with E-state index in [-0.39, 0.29) is 35.3 Å². The summed E-state index contributed by atoms with van der Waals surface area (Å²) in [5.41, 5.74) is 7.39. The van der Waals surface area contributed by atoms with E-state index in [0.717, 1.165) is 5.56 Å². The predicted molar refractivity (Wildman–Crippen MR) is 160 cm³/mol. The van der Waals surface area contributed by atoms with Crippen LogP contribution >= 0.6 is 0 Å². The molecule has 42 heavy (non-hydrogen) atoms. The molecule has 0 spiro atoms. The molecular weight excluding hydrogens is 556 g/mol. The normalized spacial score (nSPS) is 18.8. The third-order valence-corrected chi connectivity index (χ3v) is 9.08. The molecular formula is C31H40N4O6S. The van der Waals surface area contributed by atoms with Gasteiger partial charge in [0.05, 0.1) is 23.1 Å². The average Bonchev–Trinajstić information content (AvgIpc) is 2.99. The second-order valence-electron chi connectivity index (χ2n) is 11.0. The first kappa shape index (κ1) is 31.4. The number of nitrogens with two attached hydrogens (primary N) is 1. The SMILES string of the molecule is CCOc1ccc2cc(S(=O)(=O)NC3CCC(C(=O)N[C@H](COC(=O)[C@@H](N)C(C)C)c4ccccc4)CC3)ccc2n1. The molecule has 0 saturated heterocycles. The molecule has 1 aliphatic rings. The summed E-state index contributed by atoms with van der Waals surface area (Å²) in [4.78, 5) is 30.1. The highest BCUT2D eigenvalue weighted by molar-refractivity contribution is 7.89. The molecule has 4 rings (SSSR count). The fourth-order valence-corrected chi connectivity index (χ4v) is 6.31. The molecule has 1 heterocycles. The number of esters is 1. The Kier molecular flexibility index (Phi) is 10.5. The second-order valence-corrected chi connectivity index (χ2v) is 12.7. The van der Waals surface area contributed by atoms with Gasteiger partial charge in [-0.1, -0.05) is 44.2 Å². The number of rotatable bonds is 12. The number of aromatic nitrogens is 1. The molecule has 226 valence electrons. The van der Waals surface area contributed by atoms with Gasteiger partial charge in [0, 0.05) is 23.4 Å². The number of amides is 1. The summed E-state index contributed by atoms with van der Waals surface area (Å²) in [6, 6.07) is 16.1. The first-order valence-electron chi connectivity index (χ1n) is 14.4. The van der Waals surface area contributed by atoms with Crippen molar-refractivity contribution in [2.75, 3.05) is 13.2 Å². The van der Waals surface area contributed by atoms with E-state index in [9.17, 15) is 18.0 Å². The minimum atomic E-state index is -3.76. The zero-order chi connectivity index (χ0) is 30.3. The van der Waals surface area contributed by atoms with Crippen LogP contribution in [0.15, 0.2) is 65.6 Å². The number of fused-ring (bicyclic) bond motifs is 1. The minimum absolute atomic E-state index is 0.0294. The number of hydrogen-bond acceptors (Lipinski definition) is 8. The van der Waals surface area contributed by atoms with Crippen LogP contribution in [0.5, 0.6) is 5.88 Å². The van der Waals surface area contributed by atoms with Gasteiger partial charge in [-0.25, -0.2) is 18.1 Å². The zero-order valence-corrected chi connectivity index (χ0v) is 25.1. The van der Waals surface area contributed by atoms with E-state index in [4.69, 9.17) is 15.2 Å². The quantitative estimate of drug-likeness (QED) is 0.267. The van der Waals surface area contributed by atoms with Crippen LogP contribution in [0.3, 0.4) is 0 Å². The smallest absolute Gasteiger partial charge is 0.323 e. The standard InChI is InChI=1S/C31H40N4O6S/c1-4-40-28-17-12-23-18-25(15-16-26(23)33-28)42(38,39)35-24-13-10-22(11-14-24)30(36)34-27(21-8-6-5-7-9-21)19-41-31(37)29(32)20(2)3/h5-9,12,15-18,20,22,24,27,29,35H,4,10-11,13-14,19,32H2,1-3H3,(H,34,36)/t22?,24?,27-,29+/m1/s1. The van der Waals surface area contributed by atoms with Crippen LogP contribution in [-0.4, -0.2) is 50.6 Å². The summed E-state index contributed by atoms with van der Waals surface area (Å²) in [5.74, 6) is -0.515. The molecule has 4 N–H and O–H groups in total. The molecule has 10 nitrogen and oxygen atoms in total. The molecule has 0 bridgehead atoms. The molecule has 1 fully saturated rings. The Morgan fingerprint density at radius 2 is 1.74 bits per heavy atom. The van der Waals surface area contributed by atoms with E-state index < -0.39 is 28.1 Å². The minimum Gasteiger partial charge on any atom is -0.478 e. The number of nitrogens with zero attached hydrogens (tertiary/aromatic N) is 1. The number of pyridine rings is 1. The van der Waals surface area contributed by atoms with E-state index in [1.54, 1.807) is 24.3 Å². The molecule has 0 radical (unpaired) electrons. The van der Waals surface area contributed by atoms with Gasteiger partial charge < -0.3 is 20.5 Å². The lowest BCUT2D eigenvalue weighted by molar-refractivity contribution is -0.147. The molecule has 3 aromatic rings.